The smallest absolute Gasteiger partial charge is 0.319 e. The Morgan fingerprint density at radius 2 is 2.09 bits per heavy atom. The Morgan fingerprint density at radius 3 is 2.83 bits per heavy atom. The van der Waals surface area contributed by atoms with Crippen LogP contribution >= 0.6 is 22.9 Å². The van der Waals surface area contributed by atoms with Crippen molar-refractivity contribution in [3.05, 3.63) is 34.9 Å². The van der Waals surface area contributed by atoms with Gasteiger partial charge in [0.05, 0.1) is 9.72 Å². The number of aromatic nitrogens is 3. The first-order chi connectivity index (χ1) is 16.9. The van der Waals surface area contributed by atoms with E-state index in [1.807, 2.05) is 7.05 Å². The normalized spacial score (nSPS) is 16.4. The SMILES string of the molecule is CN1CCCC1COc1nc(NCCN)c2cc(Cl)c(-c3ccc(F)c4nc(N)sc34)c(F)c2n1. The molecule has 1 aliphatic rings. The van der Waals surface area contributed by atoms with Crippen LogP contribution in [0.5, 0.6) is 6.01 Å². The third-order valence-corrected chi connectivity index (χ3v) is 7.37. The molecular formula is C23H24ClF2N7OS. The molecule has 184 valence electrons. The van der Waals surface area contributed by atoms with Crippen LogP contribution in [0.15, 0.2) is 18.2 Å². The Morgan fingerprint density at radius 1 is 1.26 bits per heavy atom. The van der Waals surface area contributed by atoms with Crippen molar-refractivity contribution in [3.8, 4) is 17.1 Å². The molecule has 0 aliphatic carbocycles. The summed E-state index contributed by atoms with van der Waals surface area (Å²) in [7, 11) is 2.04. The van der Waals surface area contributed by atoms with Crippen LogP contribution < -0.4 is 21.5 Å². The zero-order valence-electron chi connectivity index (χ0n) is 18.9. The first-order valence-electron chi connectivity index (χ1n) is 11.2. The molecule has 1 aliphatic heterocycles. The number of halogens is 3. The van der Waals surface area contributed by atoms with Crippen LogP contribution in [0.25, 0.3) is 32.2 Å². The van der Waals surface area contributed by atoms with E-state index in [4.69, 9.17) is 27.8 Å². The molecule has 35 heavy (non-hydrogen) atoms. The van der Waals surface area contributed by atoms with E-state index in [-0.39, 0.29) is 38.8 Å². The van der Waals surface area contributed by atoms with Gasteiger partial charge in [0.2, 0.25) is 0 Å². The molecule has 12 heteroatoms. The molecule has 0 bridgehead atoms. The molecule has 8 nitrogen and oxygen atoms in total. The maximum absolute atomic E-state index is 16.1. The summed E-state index contributed by atoms with van der Waals surface area (Å²) >= 11 is 7.64. The summed E-state index contributed by atoms with van der Waals surface area (Å²) < 4.78 is 36.7. The lowest BCUT2D eigenvalue weighted by molar-refractivity contribution is 0.188. The van der Waals surface area contributed by atoms with Crippen LogP contribution in [-0.2, 0) is 0 Å². The number of benzene rings is 2. The van der Waals surface area contributed by atoms with Crippen molar-refractivity contribution in [2.45, 2.75) is 18.9 Å². The first-order valence-corrected chi connectivity index (χ1v) is 12.4. The number of rotatable bonds is 7. The fourth-order valence-corrected chi connectivity index (χ4v) is 5.52. The van der Waals surface area contributed by atoms with Gasteiger partial charge in [-0.3, -0.25) is 0 Å². The van der Waals surface area contributed by atoms with Crippen LogP contribution in [0.4, 0.5) is 19.7 Å². The second kappa shape index (κ2) is 9.65. The molecule has 0 amide bonds. The lowest BCUT2D eigenvalue weighted by Crippen LogP contribution is -2.31. The highest BCUT2D eigenvalue weighted by molar-refractivity contribution is 7.22. The number of hydrogen-bond donors (Lipinski definition) is 3. The lowest BCUT2D eigenvalue weighted by Gasteiger charge is -2.19. The van der Waals surface area contributed by atoms with Crippen molar-refractivity contribution < 1.29 is 13.5 Å². The molecular weight excluding hydrogens is 496 g/mol. The number of nitrogens with two attached hydrogens (primary N) is 2. The summed E-state index contributed by atoms with van der Waals surface area (Å²) in [5, 5.41) is 3.78. The van der Waals surface area contributed by atoms with Crippen molar-refractivity contribution in [1.29, 1.82) is 0 Å². The summed E-state index contributed by atoms with van der Waals surface area (Å²) in [5.74, 6) is -0.848. The number of hydrogen-bond acceptors (Lipinski definition) is 9. The number of anilines is 2. The zero-order chi connectivity index (χ0) is 24.7. The topological polar surface area (TPSA) is 115 Å². The van der Waals surface area contributed by atoms with Gasteiger partial charge < -0.3 is 26.4 Å². The number of thiazole rings is 1. The van der Waals surface area contributed by atoms with E-state index < -0.39 is 11.6 Å². The average molecular weight is 520 g/mol. The van der Waals surface area contributed by atoms with E-state index in [0.29, 0.717) is 41.2 Å². The molecule has 0 saturated carbocycles. The van der Waals surface area contributed by atoms with Gasteiger partial charge in [-0.25, -0.2) is 13.8 Å². The van der Waals surface area contributed by atoms with Crippen molar-refractivity contribution in [3.63, 3.8) is 0 Å². The number of likely N-dealkylation sites (tertiary alicyclic amines) is 1. The maximum atomic E-state index is 16.1. The van der Waals surface area contributed by atoms with Crippen molar-refractivity contribution in [2.24, 2.45) is 5.73 Å². The van der Waals surface area contributed by atoms with E-state index in [2.05, 4.69) is 25.2 Å². The Bertz CT molecular complexity index is 1420. The Labute approximate surface area is 209 Å². The van der Waals surface area contributed by atoms with Gasteiger partial charge in [0.15, 0.2) is 10.9 Å². The minimum Gasteiger partial charge on any atom is -0.462 e. The lowest BCUT2D eigenvalue weighted by atomic mass is 10.0. The van der Waals surface area contributed by atoms with Gasteiger partial charge in [-0.05, 0) is 44.6 Å². The van der Waals surface area contributed by atoms with Crippen LogP contribution in [0, 0.1) is 11.6 Å². The molecule has 3 heterocycles. The predicted octanol–water partition coefficient (Wildman–Crippen LogP) is 4.26. The van der Waals surface area contributed by atoms with Gasteiger partial charge in [-0.1, -0.05) is 22.9 Å². The molecule has 4 aromatic rings. The summed E-state index contributed by atoms with van der Waals surface area (Å²) in [6.45, 7) is 2.15. The van der Waals surface area contributed by atoms with Crippen molar-refractivity contribution in [1.82, 2.24) is 19.9 Å². The Hall–Kier alpha value is -2.86. The molecule has 0 radical (unpaired) electrons. The molecule has 1 atom stereocenters. The minimum atomic E-state index is -0.673. The van der Waals surface area contributed by atoms with Gasteiger partial charge in [0, 0.05) is 35.6 Å². The quantitative estimate of drug-likeness (QED) is 0.332. The van der Waals surface area contributed by atoms with Crippen LogP contribution in [0.2, 0.25) is 5.02 Å². The fourth-order valence-electron chi connectivity index (χ4n) is 4.36. The Balaban J connectivity index is 1.65. The van der Waals surface area contributed by atoms with E-state index in [9.17, 15) is 4.39 Å². The molecule has 5 N–H and O–H groups in total. The summed E-state index contributed by atoms with van der Waals surface area (Å²) in [5.41, 5.74) is 12.0. The summed E-state index contributed by atoms with van der Waals surface area (Å²) in [6, 6.07) is 4.56. The number of nitrogens with one attached hydrogen (secondary N) is 1. The van der Waals surface area contributed by atoms with Gasteiger partial charge in [-0.2, -0.15) is 9.97 Å². The second-order valence-electron chi connectivity index (χ2n) is 8.43. The number of nitrogens with zero attached hydrogens (tertiary/aromatic N) is 4. The fraction of sp³-hybridized carbons (Fsp3) is 0.348. The summed E-state index contributed by atoms with van der Waals surface area (Å²) in [6.07, 6.45) is 2.10. The van der Waals surface area contributed by atoms with Crippen LogP contribution in [-0.4, -0.2) is 59.2 Å². The standard InChI is InChI=1S/C23H24ClF2N7OS/c1-33-8-2-3-11(33)10-34-23-31-18-13(21(32-23)29-7-6-27)9-14(24)16(17(18)26)12-4-5-15(25)19-20(12)35-22(28)30-19/h4-5,9,11H,2-3,6-8,10,27H2,1H3,(H2,28,30)(H,29,31,32). The van der Waals surface area contributed by atoms with Crippen molar-refractivity contribution >= 4 is 55.0 Å². The number of nitrogen functional groups attached to an aromatic ring is 1. The number of likely N-dealkylation sites (N-methyl/N-ethyl adjacent to an activating group) is 1. The van der Waals surface area contributed by atoms with Crippen molar-refractivity contribution in [2.75, 3.05) is 44.3 Å². The molecule has 0 spiro atoms. The molecule has 1 unspecified atom stereocenters. The third-order valence-electron chi connectivity index (χ3n) is 6.16. The maximum Gasteiger partial charge on any atom is 0.319 e. The van der Waals surface area contributed by atoms with Gasteiger partial charge >= 0.3 is 6.01 Å². The summed E-state index contributed by atoms with van der Waals surface area (Å²) in [4.78, 5) is 15.1. The highest BCUT2D eigenvalue weighted by Gasteiger charge is 2.25. The highest BCUT2D eigenvalue weighted by atomic mass is 35.5. The highest BCUT2D eigenvalue weighted by Crippen LogP contribution is 2.42. The van der Waals surface area contributed by atoms with E-state index in [1.54, 1.807) is 6.07 Å². The first kappa shape index (κ1) is 23.9. The van der Waals surface area contributed by atoms with E-state index in [0.717, 1.165) is 30.7 Å². The van der Waals surface area contributed by atoms with Gasteiger partial charge in [0.25, 0.3) is 0 Å². The molecule has 1 saturated heterocycles. The van der Waals surface area contributed by atoms with Crippen LogP contribution in [0.3, 0.4) is 0 Å². The largest absolute Gasteiger partial charge is 0.462 e. The molecule has 2 aromatic heterocycles. The van der Waals surface area contributed by atoms with Gasteiger partial charge in [0.1, 0.15) is 29.3 Å². The van der Waals surface area contributed by atoms with Crippen LogP contribution in [0.1, 0.15) is 12.8 Å². The van der Waals surface area contributed by atoms with Gasteiger partial charge in [-0.15, -0.1) is 0 Å². The number of ether oxygens (including phenoxy) is 1. The third kappa shape index (κ3) is 4.44. The molecule has 1 fully saturated rings. The average Bonchev–Trinajstić information content (AvgIpc) is 3.43. The zero-order valence-corrected chi connectivity index (χ0v) is 20.5. The van der Waals surface area contributed by atoms with E-state index >= 15 is 4.39 Å². The second-order valence-corrected chi connectivity index (χ2v) is 9.86. The monoisotopic (exact) mass is 519 g/mol. The minimum absolute atomic E-state index is 0.0312. The molecule has 2 aromatic carbocycles. The predicted molar refractivity (Wildman–Crippen MR) is 136 cm³/mol. The van der Waals surface area contributed by atoms with E-state index in [1.165, 1.54) is 12.1 Å². The Kier molecular flexibility index (Phi) is 6.58. The molecule has 5 rings (SSSR count). The number of fused-ring (bicyclic) bond motifs is 2.